The molecule has 1 aromatic carbocycles. The van der Waals surface area contributed by atoms with E-state index in [1.54, 1.807) is 11.3 Å². The lowest BCUT2D eigenvalue weighted by Crippen LogP contribution is -2.50. The van der Waals surface area contributed by atoms with E-state index in [0.29, 0.717) is 26.3 Å². The lowest BCUT2D eigenvalue weighted by molar-refractivity contribution is -0.0461. The van der Waals surface area contributed by atoms with Crippen molar-refractivity contribution >= 4 is 21.6 Å². The largest absolute Gasteiger partial charge is 0.385 e. The van der Waals surface area contributed by atoms with Crippen LogP contribution in [0.1, 0.15) is 5.01 Å². The zero-order valence-corrected chi connectivity index (χ0v) is 13.0. The lowest BCUT2D eigenvalue weighted by atomic mass is 10.1. The third-order valence-corrected chi connectivity index (χ3v) is 4.58. The Kier molecular flexibility index (Phi) is 4.51. The highest BCUT2D eigenvalue weighted by Crippen LogP contribution is 2.22. The number of fused-ring (bicyclic) bond motifs is 1. The van der Waals surface area contributed by atoms with Crippen molar-refractivity contribution in [3.63, 3.8) is 0 Å². The molecule has 1 saturated heterocycles. The highest BCUT2D eigenvalue weighted by Gasteiger charge is 2.30. The number of para-hydroxylation sites is 1. The van der Waals surface area contributed by atoms with Crippen LogP contribution >= 0.6 is 11.3 Å². The number of nitrogens with zero attached hydrogens (tertiary/aromatic N) is 2. The van der Waals surface area contributed by atoms with Crippen LogP contribution in [0.4, 0.5) is 0 Å². The smallest absolute Gasteiger partial charge is 0.113 e. The van der Waals surface area contributed by atoms with Crippen molar-refractivity contribution in [3.8, 4) is 0 Å². The molecule has 1 unspecified atom stereocenters. The molecule has 114 valence electrons. The molecule has 0 radical (unpaired) electrons. The molecule has 1 atom stereocenters. The van der Waals surface area contributed by atoms with Gasteiger partial charge in [0, 0.05) is 19.6 Å². The minimum Gasteiger partial charge on any atom is -0.385 e. The highest BCUT2D eigenvalue weighted by molar-refractivity contribution is 7.18. The van der Waals surface area contributed by atoms with Crippen molar-refractivity contribution in [1.82, 2.24) is 15.2 Å². The van der Waals surface area contributed by atoms with Gasteiger partial charge in [-0.3, -0.25) is 4.90 Å². The number of thiazole rings is 1. The topological polar surface area (TPSA) is 57.6 Å². The first-order valence-electron chi connectivity index (χ1n) is 7.18. The second-order valence-corrected chi connectivity index (χ2v) is 6.82. The fourth-order valence-corrected chi connectivity index (χ4v) is 3.70. The summed E-state index contributed by atoms with van der Waals surface area (Å²) in [6.07, 6.45) is 0. The van der Waals surface area contributed by atoms with Crippen LogP contribution in [-0.4, -0.2) is 60.5 Å². The quantitative estimate of drug-likeness (QED) is 0.885. The summed E-state index contributed by atoms with van der Waals surface area (Å²) in [6, 6.07) is 8.16. The number of aromatic nitrogens is 1. The molecule has 5 nitrogen and oxygen atoms in total. The number of likely N-dealkylation sites (N-methyl/N-ethyl adjacent to an activating group) is 1. The van der Waals surface area contributed by atoms with Crippen LogP contribution in [0.25, 0.3) is 10.2 Å². The second kappa shape index (κ2) is 6.37. The third kappa shape index (κ3) is 3.78. The minimum absolute atomic E-state index is 0.379. The molecule has 2 aromatic rings. The van der Waals surface area contributed by atoms with E-state index >= 15 is 0 Å². The number of ether oxygens (including phenoxy) is 1. The summed E-state index contributed by atoms with van der Waals surface area (Å²) in [5.41, 5.74) is 0.214. The number of β-amino-alcohol motifs (C(OH)–C–C–N with tert-alkyl or cyclic N) is 1. The fraction of sp³-hybridized carbons (Fsp3) is 0.533. The number of nitrogens with one attached hydrogen (secondary N) is 1. The Hall–Kier alpha value is -1.05. The monoisotopic (exact) mass is 307 g/mol. The van der Waals surface area contributed by atoms with E-state index in [0.717, 1.165) is 23.6 Å². The number of hydrogen-bond donors (Lipinski definition) is 2. The highest BCUT2D eigenvalue weighted by atomic mass is 32.1. The predicted molar refractivity (Wildman–Crippen MR) is 84.6 cm³/mol. The van der Waals surface area contributed by atoms with Gasteiger partial charge in [0.15, 0.2) is 0 Å². The Balaban J connectivity index is 1.63. The van der Waals surface area contributed by atoms with E-state index in [1.807, 2.05) is 25.2 Å². The second-order valence-electron chi connectivity index (χ2n) is 5.70. The molecule has 2 heterocycles. The Morgan fingerprint density at radius 3 is 3.19 bits per heavy atom. The van der Waals surface area contributed by atoms with Crippen LogP contribution in [0.2, 0.25) is 0 Å². The van der Waals surface area contributed by atoms with Crippen LogP contribution < -0.4 is 5.32 Å². The Labute approximate surface area is 128 Å². The van der Waals surface area contributed by atoms with Gasteiger partial charge in [0.05, 0.1) is 30.0 Å². The number of rotatable bonds is 4. The maximum atomic E-state index is 10.6. The maximum absolute atomic E-state index is 10.6. The summed E-state index contributed by atoms with van der Waals surface area (Å²) in [7, 11) is 2.01. The molecule has 0 aliphatic carbocycles. The average Bonchev–Trinajstić information content (AvgIpc) is 2.72. The molecule has 0 bridgehead atoms. The van der Waals surface area contributed by atoms with E-state index in [4.69, 9.17) is 4.74 Å². The van der Waals surface area contributed by atoms with Gasteiger partial charge >= 0.3 is 0 Å². The van der Waals surface area contributed by atoms with Crippen LogP contribution in [-0.2, 0) is 11.3 Å². The first-order valence-corrected chi connectivity index (χ1v) is 8.00. The SMILES string of the molecule is CN(Cc1nc2ccccc2s1)CC1(O)CNCCOC1. The summed E-state index contributed by atoms with van der Waals surface area (Å²) in [5, 5.41) is 14.9. The zero-order valence-electron chi connectivity index (χ0n) is 12.2. The first-order chi connectivity index (χ1) is 10.1. The van der Waals surface area contributed by atoms with Gasteiger partial charge < -0.3 is 15.2 Å². The molecule has 0 saturated carbocycles. The van der Waals surface area contributed by atoms with Gasteiger partial charge in [-0.1, -0.05) is 12.1 Å². The van der Waals surface area contributed by atoms with E-state index in [1.165, 1.54) is 4.70 Å². The van der Waals surface area contributed by atoms with Gasteiger partial charge in [0.2, 0.25) is 0 Å². The molecule has 0 spiro atoms. The first kappa shape index (κ1) is 14.9. The number of aliphatic hydroxyl groups is 1. The molecular formula is C15H21N3O2S. The van der Waals surface area contributed by atoms with Crippen LogP contribution in [0.15, 0.2) is 24.3 Å². The van der Waals surface area contributed by atoms with Gasteiger partial charge in [0.1, 0.15) is 10.6 Å². The predicted octanol–water partition coefficient (Wildman–Crippen LogP) is 1.08. The molecule has 6 heteroatoms. The van der Waals surface area contributed by atoms with Crippen LogP contribution in [0, 0.1) is 0 Å². The summed E-state index contributed by atoms with van der Waals surface area (Å²) in [5.74, 6) is 0. The molecule has 1 aromatic heterocycles. The standard InChI is InChI=1S/C15H21N3O2S/c1-18(10-15(19)9-16-6-7-20-11-15)8-14-17-12-4-2-3-5-13(12)21-14/h2-5,16,19H,6-11H2,1H3. The summed E-state index contributed by atoms with van der Waals surface area (Å²) in [6.45, 7) is 3.70. The van der Waals surface area contributed by atoms with Gasteiger partial charge in [-0.05, 0) is 19.2 Å². The van der Waals surface area contributed by atoms with Gasteiger partial charge in [-0.2, -0.15) is 0 Å². The number of hydrogen-bond acceptors (Lipinski definition) is 6. The Morgan fingerprint density at radius 1 is 1.48 bits per heavy atom. The molecule has 2 N–H and O–H groups in total. The van der Waals surface area contributed by atoms with E-state index in [9.17, 15) is 5.11 Å². The van der Waals surface area contributed by atoms with E-state index in [-0.39, 0.29) is 0 Å². The number of benzene rings is 1. The molecular weight excluding hydrogens is 286 g/mol. The summed E-state index contributed by atoms with van der Waals surface area (Å²) >= 11 is 1.71. The van der Waals surface area contributed by atoms with Crippen LogP contribution in [0.5, 0.6) is 0 Å². The van der Waals surface area contributed by atoms with Gasteiger partial charge in [0.25, 0.3) is 0 Å². The van der Waals surface area contributed by atoms with E-state index < -0.39 is 5.60 Å². The Morgan fingerprint density at radius 2 is 2.33 bits per heavy atom. The maximum Gasteiger partial charge on any atom is 0.113 e. The van der Waals surface area contributed by atoms with Crippen molar-refractivity contribution in [2.75, 3.05) is 39.9 Å². The average molecular weight is 307 g/mol. The molecule has 3 rings (SSSR count). The lowest BCUT2D eigenvalue weighted by Gasteiger charge is -2.30. The van der Waals surface area contributed by atoms with Crippen molar-refractivity contribution < 1.29 is 9.84 Å². The van der Waals surface area contributed by atoms with Crippen molar-refractivity contribution in [1.29, 1.82) is 0 Å². The molecule has 0 amide bonds. The molecule has 1 fully saturated rings. The van der Waals surface area contributed by atoms with Crippen molar-refractivity contribution in [3.05, 3.63) is 29.3 Å². The van der Waals surface area contributed by atoms with Crippen molar-refractivity contribution in [2.45, 2.75) is 12.1 Å². The Bertz CT molecular complexity index is 560. The zero-order chi connectivity index (χ0) is 14.7. The van der Waals surface area contributed by atoms with Crippen molar-refractivity contribution in [2.24, 2.45) is 0 Å². The van der Waals surface area contributed by atoms with Crippen LogP contribution in [0.3, 0.4) is 0 Å². The molecule has 21 heavy (non-hydrogen) atoms. The normalized spacial score (nSPS) is 23.6. The minimum atomic E-state index is -0.831. The summed E-state index contributed by atoms with van der Waals surface area (Å²) in [4.78, 5) is 6.74. The van der Waals surface area contributed by atoms with Gasteiger partial charge in [-0.15, -0.1) is 11.3 Å². The third-order valence-electron chi connectivity index (χ3n) is 3.56. The molecule has 1 aliphatic rings. The summed E-state index contributed by atoms with van der Waals surface area (Å²) < 4.78 is 6.66. The molecule has 1 aliphatic heterocycles. The van der Waals surface area contributed by atoms with E-state index in [2.05, 4.69) is 21.3 Å². The fourth-order valence-electron chi connectivity index (χ4n) is 2.66. The van der Waals surface area contributed by atoms with Gasteiger partial charge in [-0.25, -0.2) is 4.98 Å².